The molecule has 0 aromatic rings. The number of hydrogen-bond acceptors (Lipinski definition) is 7. The topological polar surface area (TPSA) is 208 Å². The Morgan fingerprint density at radius 1 is 0.781 bits per heavy atom. The number of carboxylic acids is 2. The van der Waals surface area contributed by atoms with E-state index in [1.165, 1.54) is 6.92 Å². The van der Waals surface area contributed by atoms with E-state index in [2.05, 4.69) is 16.0 Å². The highest BCUT2D eigenvalue weighted by atomic mass is 16.4. The van der Waals surface area contributed by atoms with E-state index >= 15 is 0 Å². The van der Waals surface area contributed by atoms with E-state index in [9.17, 15) is 34.2 Å². The van der Waals surface area contributed by atoms with Gasteiger partial charge in [0.25, 0.3) is 0 Å². The average molecular weight is 461 g/mol. The molecule has 0 rings (SSSR count). The summed E-state index contributed by atoms with van der Waals surface area (Å²) < 4.78 is 0. The Morgan fingerprint density at radius 2 is 1.25 bits per heavy atom. The number of nitrogens with one attached hydrogen (secondary N) is 3. The fourth-order valence-corrected chi connectivity index (χ4v) is 2.75. The van der Waals surface area contributed by atoms with Crippen LogP contribution < -0.4 is 21.7 Å². The summed E-state index contributed by atoms with van der Waals surface area (Å²) in [7, 11) is 0. The first-order chi connectivity index (χ1) is 14.8. The normalized spacial score (nSPS) is 17.6. The van der Waals surface area contributed by atoms with Crippen molar-refractivity contribution in [1.29, 1.82) is 0 Å². The highest BCUT2D eigenvalue weighted by Gasteiger charge is 2.34. The summed E-state index contributed by atoms with van der Waals surface area (Å²) in [6, 6.07) is -5.29. The Hall–Kier alpha value is -2.73. The van der Waals surface area contributed by atoms with Crippen LogP contribution in [0.2, 0.25) is 0 Å². The number of amides is 3. The monoisotopic (exact) mass is 460 g/mol. The van der Waals surface area contributed by atoms with Crippen molar-refractivity contribution in [2.45, 2.75) is 84.2 Å². The van der Waals surface area contributed by atoms with Crippen LogP contribution in [0.25, 0.3) is 0 Å². The maximum Gasteiger partial charge on any atom is 0.326 e. The second-order valence-corrected chi connectivity index (χ2v) is 8.01. The average Bonchev–Trinajstić information content (AvgIpc) is 2.72. The minimum absolute atomic E-state index is 0.416. The van der Waals surface area contributed by atoms with Crippen LogP contribution in [0.5, 0.6) is 0 Å². The summed E-state index contributed by atoms with van der Waals surface area (Å²) in [6.07, 6.45) is -1.07. The molecule has 0 heterocycles. The summed E-state index contributed by atoms with van der Waals surface area (Å²) in [5, 5.41) is 35.0. The lowest BCUT2D eigenvalue weighted by atomic mass is 9.96. The van der Waals surface area contributed by atoms with Gasteiger partial charge in [0.2, 0.25) is 17.7 Å². The molecule has 0 aliphatic rings. The van der Waals surface area contributed by atoms with Crippen molar-refractivity contribution < 1.29 is 39.3 Å². The van der Waals surface area contributed by atoms with Crippen molar-refractivity contribution in [3.05, 3.63) is 0 Å². The minimum atomic E-state index is -1.57. The molecule has 7 atom stereocenters. The number of nitrogens with two attached hydrogens (primary N) is 1. The first kappa shape index (κ1) is 29.3. The molecule has 184 valence electrons. The molecule has 0 saturated carbocycles. The van der Waals surface area contributed by atoms with Crippen LogP contribution in [0.1, 0.15) is 53.9 Å². The van der Waals surface area contributed by atoms with Gasteiger partial charge in [-0.05, 0) is 18.8 Å². The van der Waals surface area contributed by atoms with Crippen molar-refractivity contribution in [3.8, 4) is 0 Å². The van der Waals surface area contributed by atoms with Gasteiger partial charge in [-0.25, -0.2) is 4.79 Å². The summed E-state index contributed by atoms with van der Waals surface area (Å²) in [5.41, 5.74) is 5.60. The molecule has 0 aromatic carbocycles. The number of carbonyl (C=O) groups excluding carboxylic acids is 3. The summed E-state index contributed by atoms with van der Waals surface area (Å²) in [6.45, 7) is 8.08. The summed E-state index contributed by atoms with van der Waals surface area (Å²) in [5.74, 6) is -6.12. The van der Waals surface area contributed by atoms with E-state index in [1.54, 1.807) is 27.7 Å². The lowest BCUT2D eigenvalue weighted by Crippen LogP contribution is -2.60. The molecule has 3 amide bonds. The van der Waals surface area contributed by atoms with Crippen molar-refractivity contribution in [1.82, 2.24) is 16.0 Å². The maximum atomic E-state index is 12.9. The lowest BCUT2D eigenvalue weighted by Gasteiger charge is -2.28. The predicted octanol–water partition coefficient (Wildman–Crippen LogP) is -1.20. The van der Waals surface area contributed by atoms with Gasteiger partial charge in [-0.1, -0.05) is 40.5 Å². The number of aliphatic hydroxyl groups is 1. The highest BCUT2D eigenvalue weighted by Crippen LogP contribution is 2.11. The standard InChI is InChI=1S/C20H36N4O8/c1-6-9(3)15(23-18(29)14(21)11(5)25)19(30)22-12(8-13(26)27)17(28)24-16(20(31)32)10(4)7-2/h9-12,14-16,25H,6-8,21H2,1-5H3,(H,22,30)(H,23,29)(H,24,28)(H,26,27)(H,31,32). The van der Waals surface area contributed by atoms with Gasteiger partial charge >= 0.3 is 11.9 Å². The second kappa shape index (κ2) is 13.6. The molecule has 0 aliphatic carbocycles. The van der Waals surface area contributed by atoms with Crippen LogP contribution >= 0.6 is 0 Å². The third-order valence-electron chi connectivity index (χ3n) is 5.40. The van der Waals surface area contributed by atoms with Gasteiger partial charge in [-0.15, -0.1) is 0 Å². The first-order valence-corrected chi connectivity index (χ1v) is 10.6. The van der Waals surface area contributed by atoms with Crippen LogP contribution in [-0.4, -0.2) is 75.3 Å². The summed E-state index contributed by atoms with van der Waals surface area (Å²) in [4.78, 5) is 60.5. The molecule has 0 saturated heterocycles. The molecule has 0 aromatic heterocycles. The van der Waals surface area contributed by atoms with Gasteiger partial charge in [-0.2, -0.15) is 0 Å². The molecule has 7 unspecified atom stereocenters. The Kier molecular flexibility index (Phi) is 12.5. The van der Waals surface area contributed by atoms with E-state index in [4.69, 9.17) is 10.8 Å². The van der Waals surface area contributed by atoms with Crippen molar-refractivity contribution in [2.24, 2.45) is 17.6 Å². The van der Waals surface area contributed by atoms with Crippen LogP contribution in [-0.2, 0) is 24.0 Å². The Labute approximate surface area is 187 Å². The fourth-order valence-electron chi connectivity index (χ4n) is 2.75. The van der Waals surface area contributed by atoms with Crippen molar-refractivity contribution in [2.75, 3.05) is 0 Å². The van der Waals surface area contributed by atoms with E-state index in [-0.39, 0.29) is 0 Å². The van der Waals surface area contributed by atoms with E-state index < -0.39 is 78.2 Å². The van der Waals surface area contributed by atoms with Crippen molar-refractivity contribution >= 4 is 29.7 Å². The molecule has 0 radical (unpaired) electrons. The third kappa shape index (κ3) is 9.18. The van der Waals surface area contributed by atoms with E-state index in [0.717, 1.165) is 0 Å². The van der Waals surface area contributed by atoms with Crippen molar-refractivity contribution in [3.63, 3.8) is 0 Å². The van der Waals surface area contributed by atoms with Gasteiger partial charge in [0.1, 0.15) is 24.2 Å². The highest BCUT2D eigenvalue weighted by molar-refractivity contribution is 5.95. The van der Waals surface area contributed by atoms with Gasteiger partial charge < -0.3 is 37.0 Å². The first-order valence-electron chi connectivity index (χ1n) is 10.6. The molecular weight excluding hydrogens is 424 g/mol. The number of rotatable bonds is 14. The van der Waals surface area contributed by atoms with Gasteiger partial charge in [-0.3, -0.25) is 19.2 Å². The van der Waals surface area contributed by atoms with Gasteiger partial charge in [0, 0.05) is 0 Å². The molecule has 12 nitrogen and oxygen atoms in total. The predicted molar refractivity (Wildman–Crippen MR) is 114 cm³/mol. The maximum absolute atomic E-state index is 12.9. The molecule has 0 spiro atoms. The molecule has 32 heavy (non-hydrogen) atoms. The third-order valence-corrected chi connectivity index (χ3v) is 5.40. The van der Waals surface area contributed by atoms with E-state index in [1.807, 2.05) is 0 Å². The van der Waals surface area contributed by atoms with Crippen LogP contribution in [0, 0.1) is 11.8 Å². The smallest absolute Gasteiger partial charge is 0.326 e. The zero-order chi connectivity index (χ0) is 25.2. The zero-order valence-electron chi connectivity index (χ0n) is 19.1. The van der Waals surface area contributed by atoms with Crippen LogP contribution in [0.15, 0.2) is 0 Å². The van der Waals surface area contributed by atoms with Gasteiger partial charge in [0.15, 0.2) is 0 Å². The molecule has 0 bridgehead atoms. The Morgan fingerprint density at radius 3 is 1.66 bits per heavy atom. The van der Waals surface area contributed by atoms with Crippen LogP contribution in [0.4, 0.5) is 0 Å². The number of aliphatic carboxylic acids is 2. The molecule has 0 fully saturated rings. The number of hydrogen-bond donors (Lipinski definition) is 7. The number of carbonyl (C=O) groups is 5. The Bertz CT molecular complexity index is 685. The number of aliphatic hydroxyl groups excluding tert-OH is 1. The number of carboxylic acid groups (broad SMARTS) is 2. The quantitative estimate of drug-likeness (QED) is 0.166. The zero-order valence-corrected chi connectivity index (χ0v) is 19.1. The molecular formula is C20H36N4O8. The SMILES string of the molecule is CCC(C)C(NC(=O)C(CC(=O)O)NC(=O)C(NC(=O)C(N)C(C)O)C(C)CC)C(=O)O. The lowest BCUT2D eigenvalue weighted by molar-refractivity contribution is -0.145. The van der Waals surface area contributed by atoms with E-state index in [0.29, 0.717) is 12.8 Å². The summed E-state index contributed by atoms with van der Waals surface area (Å²) >= 11 is 0. The van der Waals surface area contributed by atoms with Gasteiger partial charge in [0.05, 0.1) is 12.5 Å². The second-order valence-electron chi connectivity index (χ2n) is 8.01. The molecule has 8 N–H and O–H groups in total. The largest absolute Gasteiger partial charge is 0.481 e. The Balaban J connectivity index is 5.64. The molecule has 0 aliphatic heterocycles. The molecule has 12 heteroatoms. The van der Waals surface area contributed by atoms with Crippen LogP contribution in [0.3, 0.4) is 0 Å². The minimum Gasteiger partial charge on any atom is -0.481 e. The fraction of sp³-hybridized carbons (Fsp3) is 0.750.